The third-order valence-electron chi connectivity index (χ3n) is 16.7. The molecule has 0 radical (unpaired) electrons. The standard InChI is InChI=1S/C75H129NO13/c1-3-5-7-9-11-13-15-17-19-21-23-25-27-28-29-30-31-32-33-34-35-37-38-40-42-44-46-48-50-52-54-56-58-64(79)63(62-86-74-72(85)70(83)73(66(61-78)88-74)89-75-71(84)69(82)68(81)65(60-77)87-75)76-67(80)59-57-55-53-51-49-47-45-43-41-39-36-26-24-22-20-18-16-14-12-10-8-6-4-2/h6,8,12,14,18,20,24,26,39-42,45,47-48,50,56,58,63-66,68-75,77-79,81-85H,3-5,7,9-11,13,15-17,19,21-23,25,27-38,43-44,46,49,51-55,57,59-62H2,1-2H3,(H,76,80)/b8-6-,14-12-,20-18-,26-24-,41-39-,42-40+,47-45-,50-48+,58-56+. The van der Waals surface area contributed by atoms with Crippen LogP contribution in [0.5, 0.6) is 0 Å². The van der Waals surface area contributed by atoms with Crippen molar-refractivity contribution in [2.45, 2.75) is 338 Å². The van der Waals surface area contributed by atoms with Crippen molar-refractivity contribution in [2.24, 2.45) is 0 Å². The second-order valence-electron chi connectivity index (χ2n) is 24.6. The van der Waals surface area contributed by atoms with Crippen LogP contribution in [0.2, 0.25) is 0 Å². The summed E-state index contributed by atoms with van der Waals surface area (Å²) in [7, 11) is 0. The molecule has 0 aliphatic carbocycles. The van der Waals surface area contributed by atoms with E-state index in [1.807, 2.05) is 6.08 Å². The Hall–Kier alpha value is -3.35. The number of aliphatic hydroxyl groups is 8. The van der Waals surface area contributed by atoms with E-state index in [0.29, 0.717) is 12.8 Å². The molecule has 1 amide bonds. The number of carbonyl (C=O) groups is 1. The van der Waals surface area contributed by atoms with E-state index in [0.717, 1.165) is 89.9 Å². The van der Waals surface area contributed by atoms with Gasteiger partial charge in [-0.1, -0.05) is 271 Å². The van der Waals surface area contributed by atoms with E-state index in [1.54, 1.807) is 6.08 Å². The van der Waals surface area contributed by atoms with Crippen LogP contribution in [-0.4, -0.2) is 140 Å². The summed E-state index contributed by atoms with van der Waals surface area (Å²) in [6.07, 6.45) is 67.3. The number of amides is 1. The highest BCUT2D eigenvalue weighted by Gasteiger charge is 2.51. The smallest absolute Gasteiger partial charge is 0.220 e. The van der Waals surface area contributed by atoms with Gasteiger partial charge in [-0.25, -0.2) is 0 Å². The van der Waals surface area contributed by atoms with Gasteiger partial charge in [-0.2, -0.15) is 0 Å². The summed E-state index contributed by atoms with van der Waals surface area (Å²) in [4.78, 5) is 13.3. The number of hydrogen-bond acceptors (Lipinski definition) is 13. The van der Waals surface area contributed by atoms with Gasteiger partial charge in [0.05, 0.1) is 32.0 Å². The minimum Gasteiger partial charge on any atom is -0.394 e. The number of allylic oxidation sites excluding steroid dienone is 17. The third kappa shape index (κ3) is 42.5. The first-order valence-corrected chi connectivity index (χ1v) is 35.6. The van der Waals surface area contributed by atoms with Crippen molar-refractivity contribution in [1.82, 2.24) is 5.32 Å². The van der Waals surface area contributed by atoms with Gasteiger partial charge < -0.3 is 65.1 Å². The van der Waals surface area contributed by atoms with Gasteiger partial charge in [0.15, 0.2) is 12.6 Å². The van der Waals surface area contributed by atoms with Crippen molar-refractivity contribution in [1.29, 1.82) is 0 Å². The van der Waals surface area contributed by atoms with Crippen LogP contribution in [0, 0.1) is 0 Å². The van der Waals surface area contributed by atoms with Gasteiger partial charge in [-0.3, -0.25) is 4.79 Å². The number of rotatable bonds is 57. The molecule has 14 heteroatoms. The average Bonchev–Trinajstić information content (AvgIpc) is 3.63. The predicted molar refractivity (Wildman–Crippen MR) is 364 cm³/mol. The fraction of sp³-hybridized carbons (Fsp3) is 0.747. The normalized spacial score (nSPS) is 23.7. The summed E-state index contributed by atoms with van der Waals surface area (Å²) >= 11 is 0. The Morgan fingerprint density at radius 3 is 1.24 bits per heavy atom. The van der Waals surface area contributed by atoms with E-state index in [4.69, 9.17) is 18.9 Å². The maximum absolute atomic E-state index is 13.3. The molecule has 2 fully saturated rings. The quantitative estimate of drug-likeness (QED) is 0.0204. The van der Waals surface area contributed by atoms with Crippen LogP contribution in [0.4, 0.5) is 0 Å². The molecule has 2 saturated heterocycles. The Kier molecular flexibility index (Phi) is 53.7. The van der Waals surface area contributed by atoms with Crippen LogP contribution >= 0.6 is 0 Å². The molecule has 0 spiro atoms. The molecule has 0 bridgehead atoms. The molecule has 9 N–H and O–H groups in total. The van der Waals surface area contributed by atoms with Crippen LogP contribution in [0.3, 0.4) is 0 Å². The van der Waals surface area contributed by atoms with Crippen molar-refractivity contribution >= 4 is 5.91 Å². The van der Waals surface area contributed by atoms with Gasteiger partial charge in [-0.15, -0.1) is 0 Å². The van der Waals surface area contributed by atoms with Gasteiger partial charge in [0.1, 0.15) is 48.8 Å². The van der Waals surface area contributed by atoms with E-state index in [9.17, 15) is 45.6 Å². The third-order valence-corrected chi connectivity index (χ3v) is 16.7. The zero-order chi connectivity index (χ0) is 64.5. The van der Waals surface area contributed by atoms with E-state index >= 15 is 0 Å². The molecule has 14 nitrogen and oxygen atoms in total. The van der Waals surface area contributed by atoms with E-state index in [-0.39, 0.29) is 18.9 Å². The Morgan fingerprint density at radius 1 is 0.416 bits per heavy atom. The molecule has 0 saturated carbocycles. The predicted octanol–water partition coefficient (Wildman–Crippen LogP) is 14.7. The summed E-state index contributed by atoms with van der Waals surface area (Å²) in [5, 5.41) is 87.4. The van der Waals surface area contributed by atoms with Gasteiger partial charge >= 0.3 is 0 Å². The molecule has 12 unspecified atom stereocenters. The van der Waals surface area contributed by atoms with Crippen LogP contribution in [0.15, 0.2) is 109 Å². The number of nitrogens with one attached hydrogen (secondary N) is 1. The lowest BCUT2D eigenvalue weighted by molar-refractivity contribution is -0.359. The molecule has 512 valence electrons. The number of ether oxygens (including phenoxy) is 4. The van der Waals surface area contributed by atoms with Crippen molar-refractivity contribution < 1.29 is 64.6 Å². The van der Waals surface area contributed by atoms with Gasteiger partial charge in [-0.05, 0) is 96.3 Å². The summed E-state index contributed by atoms with van der Waals surface area (Å²) in [5.41, 5.74) is 0. The van der Waals surface area contributed by atoms with E-state index in [2.05, 4.69) is 116 Å². The minimum atomic E-state index is -1.80. The SMILES string of the molecule is CC/C=C\C/C=C\C/C=C\C/C=C\C/C=C\C/C=C\CCCCCCC(=O)NC(COC1OC(CO)C(OC2OC(CO)C(O)C(O)C2O)C(O)C1O)C(O)/C=C/CC/C=C/CC/C=C/CCCCCCCCCCCCCCCCCCCCCCCC. The molecule has 89 heavy (non-hydrogen) atoms. The van der Waals surface area contributed by atoms with E-state index in [1.165, 1.54) is 141 Å². The minimum absolute atomic E-state index is 0.233. The molecule has 2 heterocycles. The first kappa shape index (κ1) is 81.7. The van der Waals surface area contributed by atoms with Crippen LogP contribution in [-0.2, 0) is 23.7 Å². The summed E-state index contributed by atoms with van der Waals surface area (Å²) in [5.74, 6) is -0.280. The Morgan fingerprint density at radius 2 is 0.787 bits per heavy atom. The summed E-state index contributed by atoms with van der Waals surface area (Å²) < 4.78 is 22.8. The maximum Gasteiger partial charge on any atom is 0.220 e. The summed E-state index contributed by atoms with van der Waals surface area (Å²) in [6, 6.07) is -0.962. The monoisotopic (exact) mass is 1250 g/mol. The van der Waals surface area contributed by atoms with Gasteiger partial charge in [0.25, 0.3) is 0 Å². The number of aliphatic hydroxyl groups excluding tert-OH is 8. The maximum atomic E-state index is 13.3. The van der Waals surface area contributed by atoms with Crippen LogP contribution in [0.1, 0.15) is 264 Å². The topological polar surface area (TPSA) is 228 Å². The molecule has 2 rings (SSSR count). The first-order chi connectivity index (χ1) is 43.6. The van der Waals surface area contributed by atoms with Crippen LogP contribution < -0.4 is 5.32 Å². The van der Waals surface area contributed by atoms with Crippen molar-refractivity contribution in [3.63, 3.8) is 0 Å². The fourth-order valence-electron chi connectivity index (χ4n) is 11.0. The number of carbonyl (C=O) groups excluding carboxylic acids is 1. The second-order valence-corrected chi connectivity index (χ2v) is 24.6. The number of unbranched alkanes of at least 4 members (excludes halogenated alkanes) is 28. The molecular weight excluding hydrogens is 1120 g/mol. The lowest BCUT2D eigenvalue weighted by atomic mass is 9.97. The van der Waals surface area contributed by atoms with Crippen LogP contribution in [0.25, 0.3) is 0 Å². The largest absolute Gasteiger partial charge is 0.394 e. The van der Waals surface area contributed by atoms with Gasteiger partial charge in [0.2, 0.25) is 5.91 Å². The lowest BCUT2D eigenvalue weighted by Gasteiger charge is -2.46. The number of hydrogen-bond donors (Lipinski definition) is 9. The lowest BCUT2D eigenvalue weighted by Crippen LogP contribution is -2.65. The molecule has 0 aromatic rings. The molecule has 0 aromatic heterocycles. The fourth-order valence-corrected chi connectivity index (χ4v) is 11.0. The highest BCUT2D eigenvalue weighted by Crippen LogP contribution is 2.30. The van der Waals surface area contributed by atoms with E-state index < -0.39 is 86.8 Å². The molecular formula is C75H129NO13. The first-order valence-electron chi connectivity index (χ1n) is 35.6. The highest BCUT2D eigenvalue weighted by molar-refractivity contribution is 5.76. The Balaban J connectivity index is 1.71. The second kappa shape index (κ2) is 58.5. The zero-order valence-corrected chi connectivity index (χ0v) is 55.6. The molecule has 2 aliphatic rings. The zero-order valence-electron chi connectivity index (χ0n) is 55.6. The van der Waals surface area contributed by atoms with Gasteiger partial charge in [0, 0.05) is 6.42 Å². The summed E-state index contributed by atoms with van der Waals surface area (Å²) in [6.45, 7) is 2.66. The molecule has 12 atom stereocenters. The Labute approximate surface area is 540 Å². The van der Waals surface area contributed by atoms with Crippen molar-refractivity contribution in [2.75, 3.05) is 19.8 Å². The Bertz CT molecular complexity index is 1910. The van der Waals surface area contributed by atoms with Crippen molar-refractivity contribution in [3.8, 4) is 0 Å². The highest BCUT2D eigenvalue weighted by atomic mass is 16.7. The van der Waals surface area contributed by atoms with Crippen molar-refractivity contribution in [3.05, 3.63) is 109 Å². The average molecular weight is 1250 g/mol. The molecule has 2 aliphatic heterocycles. The molecule has 0 aromatic carbocycles.